The lowest BCUT2D eigenvalue weighted by Gasteiger charge is -2.19. The molecule has 1 unspecified atom stereocenters. The lowest BCUT2D eigenvalue weighted by atomic mass is 9.98. The number of hydrogen-bond acceptors (Lipinski definition) is 2. The Hall–Kier alpha value is -1.35. The Bertz CT molecular complexity index is 364. The summed E-state index contributed by atoms with van der Waals surface area (Å²) in [5.74, 6) is 0.475. The first-order valence-electron chi connectivity index (χ1n) is 6.64. The Labute approximate surface area is 110 Å². The number of hydrogen-bond donors (Lipinski definition) is 2. The molecule has 0 aliphatic heterocycles. The molecule has 18 heavy (non-hydrogen) atoms. The van der Waals surface area contributed by atoms with E-state index in [0.717, 1.165) is 6.42 Å². The zero-order valence-corrected chi connectivity index (χ0v) is 11.5. The van der Waals surface area contributed by atoms with E-state index in [1.54, 1.807) is 0 Å². The predicted molar refractivity (Wildman–Crippen MR) is 75.3 cm³/mol. The van der Waals surface area contributed by atoms with Crippen molar-refractivity contribution in [2.75, 3.05) is 6.54 Å². The smallest absolute Gasteiger partial charge is 0.237 e. The van der Waals surface area contributed by atoms with Gasteiger partial charge in [-0.25, -0.2) is 0 Å². The van der Waals surface area contributed by atoms with Gasteiger partial charge in [0.15, 0.2) is 0 Å². The summed E-state index contributed by atoms with van der Waals surface area (Å²) in [6, 6.07) is 9.76. The Morgan fingerprint density at radius 3 is 2.44 bits per heavy atom. The van der Waals surface area contributed by atoms with Crippen molar-refractivity contribution in [3.05, 3.63) is 35.9 Å². The van der Waals surface area contributed by atoms with Gasteiger partial charge in [-0.1, -0.05) is 57.5 Å². The number of nitrogens with one attached hydrogen (secondary N) is 1. The minimum atomic E-state index is -0.405. The van der Waals surface area contributed by atoms with Gasteiger partial charge in [0, 0.05) is 6.54 Å². The van der Waals surface area contributed by atoms with Crippen LogP contribution in [0, 0.1) is 5.92 Å². The van der Waals surface area contributed by atoms with E-state index >= 15 is 0 Å². The summed E-state index contributed by atoms with van der Waals surface area (Å²) in [4.78, 5) is 11.8. The first kappa shape index (κ1) is 14.7. The van der Waals surface area contributed by atoms with Gasteiger partial charge >= 0.3 is 0 Å². The predicted octanol–water partition coefficient (Wildman–Crippen LogP) is 2.28. The topological polar surface area (TPSA) is 55.1 Å². The molecule has 1 aromatic rings. The highest BCUT2D eigenvalue weighted by molar-refractivity contribution is 5.81. The average Bonchev–Trinajstić information content (AvgIpc) is 2.43. The number of carbonyl (C=O) groups excluding carboxylic acids is 1. The molecule has 0 heterocycles. The van der Waals surface area contributed by atoms with Gasteiger partial charge in [-0.2, -0.15) is 0 Å². The number of amides is 1. The number of rotatable bonds is 6. The third-order valence-corrected chi connectivity index (χ3v) is 3.51. The van der Waals surface area contributed by atoms with Gasteiger partial charge < -0.3 is 11.1 Å². The quantitative estimate of drug-likeness (QED) is 0.811. The molecule has 0 aromatic heterocycles. The molecule has 0 bridgehead atoms. The number of nitrogens with two attached hydrogens (primary N) is 1. The van der Waals surface area contributed by atoms with Crippen LogP contribution in [0.3, 0.4) is 0 Å². The molecule has 3 atom stereocenters. The summed E-state index contributed by atoms with van der Waals surface area (Å²) < 4.78 is 0. The minimum Gasteiger partial charge on any atom is -0.354 e. The van der Waals surface area contributed by atoms with Crippen molar-refractivity contribution in [1.82, 2.24) is 5.32 Å². The van der Waals surface area contributed by atoms with E-state index in [1.165, 1.54) is 5.56 Å². The van der Waals surface area contributed by atoms with Crippen LogP contribution in [0.2, 0.25) is 0 Å². The summed E-state index contributed by atoms with van der Waals surface area (Å²) in [5, 5.41) is 2.93. The summed E-state index contributed by atoms with van der Waals surface area (Å²) in [6.07, 6.45) is 0.919. The summed E-state index contributed by atoms with van der Waals surface area (Å²) in [7, 11) is 0. The van der Waals surface area contributed by atoms with E-state index < -0.39 is 6.04 Å². The molecule has 3 heteroatoms. The molecule has 1 aromatic carbocycles. The van der Waals surface area contributed by atoms with Crippen molar-refractivity contribution in [3.63, 3.8) is 0 Å². The third-order valence-electron chi connectivity index (χ3n) is 3.51. The first-order valence-corrected chi connectivity index (χ1v) is 6.64. The number of carbonyl (C=O) groups is 1. The molecular formula is C15H24N2O. The zero-order chi connectivity index (χ0) is 13.5. The van der Waals surface area contributed by atoms with Crippen LogP contribution in [0.15, 0.2) is 30.3 Å². The fraction of sp³-hybridized carbons (Fsp3) is 0.533. The summed E-state index contributed by atoms with van der Waals surface area (Å²) in [6.45, 7) is 6.78. The van der Waals surface area contributed by atoms with E-state index in [2.05, 4.69) is 24.4 Å². The number of benzene rings is 1. The Kier molecular flexibility index (Phi) is 5.86. The molecule has 0 fully saturated rings. The molecule has 3 N–H and O–H groups in total. The molecule has 0 aliphatic carbocycles. The lowest BCUT2D eigenvalue weighted by Crippen LogP contribution is -2.45. The van der Waals surface area contributed by atoms with Crippen LogP contribution < -0.4 is 11.1 Å². The minimum absolute atomic E-state index is 0.0490. The SMILES string of the molecule is CC[C@H](C)[C@H](N)C(=O)NCC(C)c1ccccc1. The van der Waals surface area contributed by atoms with Gasteiger partial charge in [0.2, 0.25) is 5.91 Å². The van der Waals surface area contributed by atoms with Crippen LogP contribution >= 0.6 is 0 Å². The van der Waals surface area contributed by atoms with Crippen LogP contribution in [0.25, 0.3) is 0 Å². The lowest BCUT2D eigenvalue weighted by molar-refractivity contribution is -0.123. The third kappa shape index (κ3) is 4.15. The second kappa shape index (κ2) is 7.17. The van der Waals surface area contributed by atoms with Gasteiger partial charge in [0.1, 0.15) is 0 Å². The molecule has 0 radical (unpaired) electrons. The molecule has 0 aliphatic rings. The summed E-state index contributed by atoms with van der Waals surface area (Å²) in [5.41, 5.74) is 7.12. The van der Waals surface area contributed by atoms with Crippen molar-refractivity contribution in [3.8, 4) is 0 Å². The molecule has 100 valence electrons. The van der Waals surface area contributed by atoms with Gasteiger partial charge in [-0.05, 0) is 17.4 Å². The highest BCUT2D eigenvalue weighted by Crippen LogP contribution is 2.13. The van der Waals surface area contributed by atoms with Crippen molar-refractivity contribution < 1.29 is 4.79 Å². The van der Waals surface area contributed by atoms with E-state index in [4.69, 9.17) is 5.73 Å². The molecule has 0 spiro atoms. The van der Waals surface area contributed by atoms with Gasteiger partial charge in [0.05, 0.1) is 6.04 Å². The molecule has 0 saturated carbocycles. The van der Waals surface area contributed by atoms with Crippen molar-refractivity contribution in [2.24, 2.45) is 11.7 Å². The molecule has 0 saturated heterocycles. The van der Waals surface area contributed by atoms with Gasteiger partial charge in [-0.15, -0.1) is 0 Å². The van der Waals surface area contributed by atoms with E-state index in [1.807, 2.05) is 32.0 Å². The highest BCUT2D eigenvalue weighted by atomic mass is 16.2. The second-order valence-electron chi connectivity index (χ2n) is 4.97. The highest BCUT2D eigenvalue weighted by Gasteiger charge is 2.19. The normalized spacial score (nSPS) is 15.8. The Morgan fingerprint density at radius 1 is 1.28 bits per heavy atom. The van der Waals surface area contributed by atoms with Crippen LogP contribution in [-0.4, -0.2) is 18.5 Å². The van der Waals surface area contributed by atoms with Crippen LogP contribution in [0.1, 0.15) is 38.7 Å². The van der Waals surface area contributed by atoms with Crippen molar-refractivity contribution in [1.29, 1.82) is 0 Å². The van der Waals surface area contributed by atoms with E-state index in [0.29, 0.717) is 12.5 Å². The van der Waals surface area contributed by atoms with E-state index in [-0.39, 0.29) is 11.8 Å². The van der Waals surface area contributed by atoms with Gasteiger partial charge in [-0.3, -0.25) is 4.79 Å². The maximum absolute atomic E-state index is 11.8. The fourth-order valence-corrected chi connectivity index (χ4v) is 1.78. The molecule has 1 rings (SSSR count). The first-order chi connectivity index (χ1) is 8.56. The van der Waals surface area contributed by atoms with E-state index in [9.17, 15) is 4.79 Å². The standard InChI is InChI=1S/C15H24N2O/c1-4-11(2)14(16)15(18)17-10-12(3)13-8-6-5-7-9-13/h5-9,11-12,14H,4,10,16H2,1-3H3,(H,17,18)/t11-,12?,14-/m0/s1. The maximum Gasteiger partial charge on any atom is 0.237 e. The van der Waals surface area contributed by atoms with Crippen LogP contribution in [-0.2, 0) is 4.79 Å². The average molecular weight is 248 g/mol. The molecule has 1 amide bonds. The second-order valence-corrected chi connectivity index (χ2v) is 4.97. The summed E-state index contributed by atoms with van der Waals surface area (Å²) >= 11 is 0. The molecule has 3 nitrogen and oxygen atoms in total. The fourth-order valence-electron chi connectivity index (χ4n) is 1.78. The maximum atomic E-state index is 11.8. The van der Waals surface area contributed by atoms with Crippen LogP contribution in [0.5, 0.6) is 0 Å². The van der Waals surface area contributed by atoms with Gasteiger partial charge in [0.25, 0.3) is 0 Å². The Morgan fingerprint density at radius 2 is 1.89 bits per heavy atom. The largest absolute Gasteiger partial charge is 0.354 e. The monoisotopic (exact) mass is 248 g/mol. The van der Waals surface area contributed by atoms with Crippen molar-refractivity contribution in [2.45, 2.75) is 39.2 Å². The molecular weight excluding hydrogens is 224 g/mol. The van der Waals surface area contributed by atoms with Crippen molar-refractivity contribution >= 4 is 5.91 Å². The Balaban J connectivity index is 2.43. The van der Waals surface area contributed by atoms with Crippen LogP contribution in [0.4, 0.5) is 0 Å². The zero-order valence-electron chi connectivity index (χ0n) is 11.5.